The molecule has 5 nitrogen and oxygen atoms in total. The largest absolute Gasteiger partial charge is 0.493 e. The van der Waals surface area contributed by atoms with E-state index in [1.54, 1.807) is 14.2 Å². The molecule has 0 unspecified atom stereocenters. The minimum Gasteiger partial charge on any atom is -0.493 e. The number of halogens is 1. The zero-order valence-corrected chi connectivity index (χ0v) is 16.8. The van der Waals surface area contributed by atoms with E-state index in [1.165, 1.54) is 12.8 Å². The van der Waals surface area contributed by atoms with Gasteiger partial charge in [0.1, 0.15) is 0 Å². The maximum atomic E-state index is 6.24. The lowest BCUT2D eigenvalue weighted by Crippen LogP contribution is -2.35. The van der Waals surface area contributed by atoms with E-state index < -0.39 is 0 Å². The number of hydrogen-bond donors (Lipinski definition) is 1. The first kappa shape index (κ1) is 19.9. The maximum Gasteiger partial charge on any atom is 0.193 e. The Morgan fingerprint density at radius 2 is 2.00 bits per heavy atom. The van der Waals surface area contributed by atoms with Gasteiger partial charge in [0.2, 0.25) is 0 Å². The molecule has 0 bridgehead atoms. The number of rotatable bonds is 5. The zero-order valence-electron chi connectivity index (χ0n) is 14.5. The Kier molecular flexibility index (Phi) is 8.51. The van der Waals surface area contributed by atoms with Crippen LogP contribution in [0.25, 0.3) is 0 Å². The number of aliphatic imine (C=N–C) groups is 1. The number of para-hydroxylation sites is 1. The third-order valence-corrected chi connectivity index (χ3v) is 3.94. The second-order valence-corrected chi connectivity index (χ2v) is 5.77. The standard InChI is InChI=1S/C17H27N3O2.HI/c1-18-17(20(2)3)19-12-13-8-7-11-15(21-4)16(13)22-14-9-5-6-10-14;/h7-8,11,14H,5-6,9-10,12H2,1-4H3,(H,18,19);1H. The van der Waals surface area contributed by atoms with Crippen LogP contribution in [0.3, 0.4) is 0 Å². The van der Waals surface area contributed by atoms with Crippen LogP contribution in [0, 0.1) is 0 Å². The van der Waals surface area contributed by atoms with E-state index >= 15 is 0 Å². The van der Waals surface area contributed by atoms with Crippen molar-refractivity contribution in [3.8, 4) is 11.5 Å². The summed E-state index contributed by atoms with van der Waals surface area (Å²) in [7, 11) is 7.41. The fourth-order valence-corrected chi connectivity index (χ4v) is 2.78. The van der Waals surface area contributed by atoms with Gasteiger partial charge in [0.15, 0.2) is 17.5 Å². The van der Waals surface area contributed by atoms with Gasteiger partial charge in [-0.15, -0.1) is 24.0 Å². The number of benzene rings is 1. The first-order valence-corrected chi connectivity index (χ1v) is 7.86. The topological polar surface area (TPSA) is 46.1 Å². The van der Waals surface area contributed by atoms with E-state index in [0.717, 1.165) is 35.9 Å². The van der Waals surface area contributed by atoms with Gasteiger partial charge >= 0.3 is 0 Å². The van der Waals surface area contributed by atoms with Crippen LogP contribution in [-0.4, -0.2) is 45.2 Å². The minimum absolute atomic E-state index is 0. The average Bonchev–Trinajstić information content (AvgIpc) is 3.01. The van der Waals surface area contributed by atoms with E-state index in [-0.39, 0.29) is 24.0 Å². The monoisotopic (exact) mass is 433 g/mol. The highest BCUT2D eigenvalue weighted by molar-refractivity contribution is 14.0. The van der Waals surface area contributed by atoms with E-state index in [4.69, 9.17) is 9.47 Å². The van der Waals surface area contributed by atoms with Crippen molar-refractivity contribution in [1.29, 1.82) is 0 Å². The zero-order chi connectivity index (χ0) is 15.9. The van der Waals surface area contributed by atoms with Crippen LogP contribution in [-0.2, 0) is 6.54 Å². The minimum atomic E-state index is 0. The lowest BCUT2D eigenvalue weighted by Gasteiger charge is -2.21. The van der Waals surface area contributed by atoms with Crippen LogP contribution in [0.4, 0.5) is 0 Å². The first-order valence-electron chi connectivity index (χ1n) is 7.86. The molecular formula is C17H28IN3O2. The summed E-state index contributed by atoms with van der Waals surface area (Å²) in [5.41, 5.74) is 1.09. The molecule has 0 aliphatic heterocycles. The van der Waals surface area contributed by atoms with Crippen molar-refractivity contribution in [1.82, 2.24) is 10.2 Å². The van der Waals surface area contributed by atoms with Crippen molar-refractivity contribution >= 4 is 29.9 Å². The van der Waals surface area contributed by atoms with Crippen molar-refractivity contribution in [2.75, 3.05) is 28.3 Å². The molecule has 6 heteroatoms. The van der Waals surface area contributed by atoms with Gasteiger partial charge in [0.05, 0.1) is 13.2 Å². The van der Waals surface area contributed by atoms with Crippen molar-refractivity contribution in [2.45, 2.75) is 38.3 Å². The van der Waals surface area contributed by atoms with Crippen LogP contribution < -0.4 is 14.8 Å². The molecule has 1 N–H and O–H groups in total. The third kappa shape index (κ3) is 5.44. The van der Waals surface area contributed by atoms with E-state index in [2.05, 4.69) is 16.4 Å². The Hall–Kier alpha value is -1.18. The molecular weight excluding hydrogens is 405 g/mol. The van der Waals surface area contributed by atoms with E-state index in [0.29, 0.717) is 12.6 Å². The number of methoxy groups -OCH3 is 1. The number of hydrogen-bond acceptors (Lipinski definition) is 3. The summed E-state index contributed by atoms with van der Waals surface area (Å²) in [6, 6.07) is 6.02. The predicted molar refractivity (Wildman–Crippen MR) is 105 cm³/mol. The van der Waals surface area contributed by atoms with Gasteiger partial charge in [-0.25, -0.2) is 0 Å². The Morgan fingerprint density at radius 1 is 1.30 bits per heavy atom. The van der Waals surface area contributed by atoms with Crippen molar-refractivity contribution in [3.63, 3.8) is 0 Å². The number of ether oxygens (including phenoxy) is 2. The van der Waals surface area contributed by atoms with Crippen LogP contribution >= 0.6 is 24.0 Å². The summed E-state index contributed by atoms with van der Waals surface area (Å²) in [5.74, 6) is 2.50. The molecule has 1 aromatic rings. The molecule has 0 amide bonds. The molecule has 1 saturated carbocycles. The molecule has 0 saturated heterocycles. The van der Waals surface area contributed by atoms with Crippen LogP contribution in [0.5, 0.6) is 11.5 Å². The first-order chi connectivity index (χ1) is 10.7. The van der Waals surface area contributed by atoms with Gasteiger partial charge in [-0.05, 0) is 31.7 Å². The lowest BCUT2D eigenvalue weighted by atomic mass is 10.1. The summed E-state index contributed by atoms with van der Waals surface area (Å²) in [4.78, 5) is 6.19. The quantitative estimate of drug-likeness (QED) is 0.440. The lowest BCUT2D eigenvalue weighted by molar-refractivity contribution is 0.198. The highest BCUT2D eigenvalue weighted by Crippen LogP contribution is 2.34. The van der Waals surface area contributed by atoms with Crippen LogP contribution in [0.2, 0.25) is 0 Å². The normalized spacial score (nSPS) is 15.0. The smallest absolute Gasteiger partial charge is 0.193 e. The van der Waals surface area contributed by atoms with Gasteiger partial charge in [0.25, 0.3) is 0 Å². The Balaban J connectivity index is 0.00000264. The molecule has 1 fully saturated rings. The molecule has 2 rings (SSSR count). The number of nitrogens with zero attached hydrogens (tertiary/aromatic N) is 2. The third-order valence-electron chi connectivity index (χ3n) is 3.94. The highest BCUT2D eigenvalue weighted by atomic mass is 127. The fourth-order valence-electron chi connectivity index (χ4n) is 2.78. The van der Waals surface area contributed by atoms with Gasteiger partial charge in [0, 0.05) is 33.3 Å². The molecule has 1 aliphatic carbocycles. The fraction of sp³-hybridized carbons (Fsp3) is 0.588. The Labute approximate surface area is 156 Å². The van der Waals surface area contributed by atoms with Crippen LogP contribution in [0.15, 0.2) is 23.2 Å². The summed E-state index contributed by atoms with van der Waals surface area (Å²) in [6.07, 6.45) is 5.07. The number of nitrogens with one attached hydrogen (secondary N) is 1. The maximum absolute atomic E-state index is 6.24. The molecule has 0 heterocycles. The van der Waals surface area contributed by atoms with Crippen molar-refractivity contribution < 1.29 is 9.47 Å². The predicted octanol–water partition coefficient (Wildman–Crippen LogP) is 3.27. The second kappa shape index (κ2) is 9.85. The van der Waals surface area contributed by atoms with Crippen molar-refractivity contribution in [2.24, 2.45) is 4.99 Å². The molecule has 0 atom stereocenters. The Bertz CT molecular complexity index is 515. The molecule has 1 aliphatic rings. The second-order valence-electron chi connectivity index (χ2n) is 5.77. The Morgan fingerprint density at radius 3 is 2.57 bits per heavy atom. The van der Waals surface area contributed by atoms with Crippen LogP contribution in [0.1, 0.15) is 31.2 Å². The molecule has 23 heavy (non-hydrogen) atoms. The summed E-state index contributed by atoms with van der Waals surface area (Å²) in [5, 5.41) is 3.34. The van der Waals surface area contributed by atoms with Gasteiger partial charge < -0.3 is 19.7 Å². The molecule has 1 aromatic carbocycles. The molecule has 0 aromatic heterocycles. The number of guanidine groups is 1. The average molecular weight is 433 g/mol. The molecule has 130 valence electrons. The summed E-state index contributed by atoms with van der Waals surface area (Å²) < 4.78 is 11.7. The summed E-state index contributed by atoms with van der Waals surface area (Å²) in [6.45, 7) is 0.657. The van der Waals surface area contributed by atoms with E-state index in [9.17, 15) is 0 Å². The molecule has 0 spiro atoms. The highest BCUT2D eigenvalue weighted by Gasteiger charge is 2.20. The van der Waals surface area contributed by atoms with E-state index in [1.807, 2.05) is 31.1 Å². The van der Waals surface area contributed by atoms with Gasteiger partial charge in [-0.1, -0.05) is 12.1 Å². The van der Waals surface area contributed by atoms with Crippen molar-refractivity contribution in [3.05, 3.63) is 23.8 Å². The van der Waals surface area contributed by atoms with Gasteiger partial charge in [-0.3, -0.25) is 4.99 Å². The summed E-state index contributed by atoms with van der Waals surface area (Å²) >= 11 is 0. The SMILES string of the molecule is CN=C(NCc1cccc(OC)c1OC1CCCC1)N(C)C.I. The van der Waals surface area contributed by atoms with Gasteiger partial charge in [-0.2, -0.15) is 0 Å². The molecule has 0 radical (unpaired) electrons.